The molecule has 2 rings (SSSR count). The quantitative estimate of drug-likeness (QED) is 0.873. The van der Waals surface area contributed by atoms with Crippen LogP contribution in [0.25, 0.3) is 0 Å². The van der Waals surface area contributed by atoms with Crippen LogP contribution in [-0.2, 0) is 23.2 Å². The van der Waals surface area contributed by atoms with Crippen LogP contribution in [0.2, 0.25) is 0 Å². The first-order valence-corrected chi connectivity index (χ1v) is 8.94. The Morgan fingerprint density at radius 1 is 1.35 bits per heavy atom. The number of nitrogens with zero attached hydrogens (tertiary/aromatic N) is 1. The summed E-state index contributed by atoms with van der Waals surface area (Å²) in [6.45, 7) is -0.00254. The van der Waals surface area contributed by atoms with Gasteiger partial charge in [0.05, 0.1) is 15.3 Å². The molecular formula is C13H14BrNO3S2. The summed E-state index contributed by atoms with van der Waals surface area (Å²) in [5.74, 6) is 0. The minimum absolute atomic E-state index is 0.152. The molecule has 108 valence electrons. The fraction of sp³-hybridized carbons (Fsp3) is 0.231. The zero-order valence-electron chi connectivity index (χ0n) is 10.8. The third kappa shape index (κ3) is 3.29. The number of thiophene rings is 1. The lowest BCUT2D eigenvalue weighted by molar-refractivity contribution is 0.278. The third-order valence-corrected chi connectivity index (χ3v) is 6.32. The van der Waals surface area contributed by atoms with E-state index in [0.717, 1.165) is 9.35 Å². The average molecular weight is 376 g/mol. The normalized spacial score (nSPS) is 12.0. The minimum Gasteiger partial charge on any atom is -0.392 e. The van der Waals surface area contributed by atoms with Gasteiger partial charge >= 0.3 is 0 Å². The van der Waals surface area contributed by atoms with E-state index in [2.05, 4.69) is 15.9 Å². The molecule has 0 atom stereocenters. The molecular weight excluding hydrogens is 362 g/mol. The van der Waals surface area contributed by atoms with Crippen molar-refractivity contribution in [3.05, 3.63) is 50.6 Å². The summed E-state index contributed by atoms with van der Waals surface area (Å²) in [7, 11) is -2.07. The Labute approximate surface area is 130 Å². The largest absolute Gasteiger partial charge is 0.392 e. The number of aliphatic hydroxyl groups is 1. The van der Waals surface area contributed by atoms with Crippen LogP contribution in [0.5, 0.6) is 0 Å². The Balaban J connectivity index is 2.29. The maximum Gasteiger partial charge on any atom is 0.243 e. The van der Waals surface area contributed by atoms with E-state index in [9.17, 15) is 13.5 Å². The first-order valence-electron chi connectivity index (χ1n) is 5.83. The van der Waals surface area contributed by atoms with Gasteiger partial charge in [-0.3, -0.25) is 0 Å². The van der Waals surface area contributed by atoms with E-state index in [1.165, 1.54) is 28.8 Å². The highest BCUT2D eigenvalue weighted by Gasteiger charge is 2.23. The number of halogens is 1. The first-order chi connectivity index (χ1) is 9.45. The van der Waals surface area contributed by atoms with Gasteiger partial charge in [-0.2, -0.15) is 4.31 Å². The van der Waals surface area contributed by atoms with E-state index < -0.39 is 10.0 Å². The molecule has 0 aliphatic rings. The molecule has 7 heteroatoms. The van der Waals surface area contributed by atoms with Crippen LogP contribution in [0.3, 0.4) is 0 Å². The summed E-state index contributed by atoms with van der Waals surface area (Å²) in [5.41, 5.74) is 1.33. The second-order valence-corrected chi connectivity index (χ2v) is 8.59. The van der Waals surface area contributed by atoms with Gasteiger partial charge in [0, 0.05) is 13.6 Å². The molecule has 0 amide bonds. The Bertz CT molecular complexity index is 697. The highest BCUT2D eigenvalue weighted by molar-refractivity contribution is 9.11. The molecule has 0 fully saturated rings. The fourth-order valence-corrected chi connectivity index (χ4v) is 4.39. The van der Waals surface area contributed by atoms with Crippen molar-refractivity contribution in [2.75, 3.05) is 7.05 Å². The molecule has 0 aliphatic heterocycles. The molecule has 0 saturated heterocycles. The lowest BCUT2D eigenvalue weighted by Crippen LogP contribution is -2.27. The molecule has 1 heterocycles. The second-order valence-electron chi connectivity index (χ2n) is 4.29. The molecule has 20 heavy (non-hydrogen) atoms. The van der Waals surface area contributed by atoms with Gasteiger partial charge < -0.3 is 5.11 Å². The van der Waals surface area contributed by atoms with Crippen molar-refractivity contribution < 1.29 is 13.5 Å². The molecule has 0 spiro atoms. The first kappa shape index (κ1) is 15.7. The number of benzene rings is 1. The summed E-state index contributed by atoms with van der Waals surface area (Å²) >= 11 is 4.87. The second kappa shape index (κ2) is 6.36. The van der Waals surface area contributed by atoms with Crippen LogP contribution < -0.4 is 0 Å². The molecule has 0 unspecified atom stereocenters. The van der Waals surface area contributed by atoms with E-state index in [0.29, 0.717) is 12.1 Å². The maximum atomic E-state index is 12.5. The van der Waals surface area contributed by atoms with Crippen LogP contribution >= 0.6 is 27.3 Å². The number of rotatable bonds is 5. The number of hydrogen-bond acceptors (Lipinski definition) is 4. The van der Waals surface area contributed by atoms with Crippen molar-refractivity contribution in [3.63, 3.8) is 0 Å². The monoisotopic (exact) mass is 375 g/mol. The van der Waals surface area contributed by atoms with E-state index in [4.69, 9.17) is 0 Å². The summed E-state index contributed by atoms with van der Waals surface area (Å²) < 4.78 is 27.3. The van der Waals surface area contributed by atoms with Crippen molar-refractivity contribution in [2.24, 2.45) is 0 Å². The Morgan fingerprint density at radius 2 is 2.05 bits per heavy atom. The minimum atomic E-state index is -3.61. The summed E-state index contributed by atoms with van der Waals surface area (Å²) in [6, 6.07) is 8.39. The van der Waals surface area contributed by atoms with Crippen LogP contribution in [0.4, 0.5) is 0 Å². The molecule has 0 bridgehead atoms. The summed E-state index contributed by atoms with van der Waals surface area (Å²) in [6.07, 6.45) is 0. The average Bonchev–Trinajstić information content (AvgIpc) is 2.84. The van der Waals surface area contributed by atoms with Gasteiger partial charge in [-0.15, -0.1) is 11.3 Å². The predicted octanol–water partition coefficient (Wildman–Crippen LogP) is 2.82. The molecule has 1 N–H and O–H groups in total. The maximum absolute atomic E-state index is 12.5. The van der Waals surface area contributed by atoms with Crippen molar-refractivity contribution in [1.82, 2.24) is 4.31 Å². The van der Waals surface area contributed by atoms with Crippen LogP contribution in [0, 0.1) is 0 Å². The van der Waals surface area contributed by atoms with Gasteiger partial charge in [-0.05, 0) is 44.6 Å². The van der Waals surface area contributed by atoms with Crippen LogP contribution in [-0.4, -0.2) is 24.9 Å². The van der Waals surface area contributed by atoms with Crippen molar-refractivity contribution in [1.29, 1.82) is 0 Å². The highest BCUT2D eigenvalue weighted by Crippen LogP contribution is 2.24. The Morgan fingerprint density at radius 3 is 2.65 bits per heavy atom. The van der Waals surface area contributed by atoms with E-state index in [-0.39, 0.29) is 11.5 Å². The molecule has 1 aromatic carbocycles. The fourth-order valence-electron chi connectivity index (χ4n) is 1.82. The molecule has 1 aromatic heterocycles. The Hall–Kier alpha value is -0.730. The molecule has 0 radical (unpaired) electrons. The molecule has 0 saturated carbocycles. The number of sulfonamides is 1. The van der Waals surface area contributed by atoms with E-state index in [1.807, 2.05) is 11.4 Å². The lowest BCUT2D eigenvalue weighted by atomic mass is 10.2. The zero-order chi connectivity index (χ0) is 14.8. The van der Waals surface area contributed by atoms with Crippen molar-refractivity contribution in [3.8, 4) is 0 Å². The summed E-state index contributed by atoms with van der Waals surface area (Å²) in [4.78, 5) is 0.152. The molecule has 4 nitrogen and oxygen atoms in total. The number of hydrogen-bond donors (Lipinski definition) is 1. The topological polar surface area (TPSA) is 57.6 Å². The van der Waals surface area contributed by atoms with Crippen molar-refractivity contribution >= 4 is 37.3 Å². The SMILES string of the molecule is CN(Cc1csc(Br)c1)S(=O)(=O)c1ccccc1CO. The van der Waals surface area contributed by atoms with Gasteiger partial charge in [-0.1, -0.05) is 18.2 Å². The smallest absolute Gasteiger partial charge is 0.243 e. The third-order valence-electron chi connectivity index (χ3n) is 2.86. The highest BCUT2D eigenvalue weighted by atomic mass is 79.9. The van der Waals surface area contributed by atoms with Gasteiger partial charge in [0.1, 0.15) is 0 Å². The van der Waals surface area contributed by atoms with Gasteiger partial charge in [0.15, 0.2) is 0 Å². The zero-order valence-corrected chi connectivity index (χ0v) is 14.0. The van der Waals surface area contributed by atoms with Gasteiger partial charge in [0.2, 0.25) is 10.0 Å². The molecule has 0 aliphatic carbocycles. The van der Waals surface area contributed by atoms with Crippen LogP contribution in [0.15, 0.2) is 44.4 Å². The lowest BCUT2D eigenvalue weighted by Gasteiger charge is -2.18. The van der Waals surface area contributed by atoms with Gasteiger partial charge in [0.25, 0.3) is 0 Å². The van der Waals surface area contributed by atoms with Crippen LogP contribution in [0.1, 0.15) is 11.1 Å². The predicted molar refractivity (Wildman–Crippen MR) is 83.0 cm³/mol. The molecule has 2 aromatic rings. The number of aliphatic hydroxyl groups excluding tert-OH is 1. The van der Waals surface area contributed by atoms with E-state index >= 15 is 0 Å². The van der Waals surface area contributed by atoms with Crippen molar-refractivity contribution in [2.45, 2.75) is 18.0 Å². The van der Waals surface area contributed by atoms with E-state index in [1.54, 1.807) is 18.2 Å². The van der Waals surface area contributed by atoms with Gasteiger partial charge in [-0.25, -0.2) is 8.42 Å². The standard InChI is InChI=1S/C13H14BrNO3S2/c1-15(7-10-6-13(14)19-9-10)20(17,18)12-5-3-2-4-11(12)8-16/h2-6,9,16H,7-8H2,1H3. The summed E-state index contributed by atoms with van der Waals surface area (Å²) in [5, 5.41) is 11.2. The Kier molecular flexibility index (Phi) is 4.98.